The summed E-state index contributed by atoms with van der Waals surface area (Å²) < 4.78 is 27.3. The number of unbranched alkanes of at least 4 members (excludes halogenated alkanes) is 1. The number of thiophene rings is 1. The lowest BCUT2D eigenvalue weighted by molar-refractivity contribution is 0.509. The summed E-state index contributed by atoms with van der Waals surface area (Å²) in [5.41, 5.74) is 1.20. The molecule has 3 rings (SSSR count). The van der Waals surface area contributed by atoms with E-state index in [1.807, 2.05) is 0 Å². The molecule has 0 aromatic carbocycles. The Kier molecular flexibility index (Phi) is 4.99. The molecule has 0 spiro atoms. The third kappa shape index (κ3) is 4.52. The van der Waals surface area contributed by atoms with Crippen LogP contribution in [-0.2, 0) is 16.4 Å². The van der Waals surface area contributed by atoms with E-state index in [9.17, 15) is 8.42 Å². The summed E-state index contributed by atoms with van der Waals surface area (Å²) in [6, 6.07) is 2.78. The van der Waals surface area contributed by atoms with Crippen molar-refractivity contribution in [1.82, 2.24) is 10.0 Å². The van der Waals surface area contributed by atoms with Gasteiger partial charge >= 0.3 is 0 Å². The molecule has 1 fully saturated rings. The maximum absolute atomic E-state index is 12.2. The molecule has 1 aromatic heterocycles. The summed E-state index contributed by atoms with van der Waals surface area (Å²) in [5, 5.41) is 5.49. The maximum atomic E-state index is 12.2. The van der Waals surface area contributed by atoms with Gasteiger partial charge in [-0.15, -0.1) is 11.3 Å². The highest BCUT2D eigenvalue weighted by atomic mass is 32.2. The topological polar surface area (TPSA) is 58.2 Å². The minimum Gasteiger partial charge on any atom is -0.314 e. The molecular weight excluding hydrogens is 304 g/mol. The monoisotopic (exact) mass is 328 g/mol. The fraction of sp³-hybridized carbons (Fsp3) is 0.733. The van der Waals surface area contributed by atoms with Crippen molar-refractivity contribution < 1.29 is 8.42 Å². The van der Waals surface area contributed by atoms with Crippen molar-refractivity contribution in [1.29, 1.82) is 0 Å². The Hall–Kier alpha value is -0.430. The summed E-state index contributed by atoms with van der Waals surface area (Å²) in [7, 11) is -3.16. The third-order valence-electron chi connectivity index (χ3n) is 4.22. The van der Waals surface area contributed by atoms with Crippen molar-refractivity contribution in [2.45, 2.75) is 57.0 Å². The molecule has 0 amide bonds. The molecule has 1 heterocycles. The first kappa shape index (κ1) is 15.5. The van der Waals surface area contributed by atoms with E-state index >= 15 is 0 Å². The highest BCUT2D eigenvalue weighted by molar-refractivity contribution is 7.89. The van der Waals surface area contributed by atoms with Crippen molar-refractivity contribution in [3.8, 4) is 0 Å². The van der Waals surface area contributed by atoms with Crippen molar-refractivity contribution >= 4 is 21.4 Å². The van der Waals surface area contributed by atoms with Crippen molar-refractivity contribution in [3.05, 3.63) is 21.9 Å². The summed E-state index contributed by atoms with van der Waals surface area (Å²) in [6.45, 7) is 0.943. The number of hydrogen-bond donors (Lipinski definition) is 2. The largest absolute Gasteiger partial charge is 0.314 e. The van der Waals surface area contributed by atoms with Gasteiger partial charge in [0.2, 0.25) is 10.0 Å². The van der Waals surface area contributed by atoms with E-state index < -0.39 is 10.0 Å². The minimum atomic E-state index is -3.16. The number of fused-ring (bicyclic) bond motifs is 1. The molecule has 0 radical (unpaired) electrons. The highest BCUT2D eigenvalue weighted by Gasteiger charge is 2.25. The molecule has 0 aliphatic heterocycles. The maximum Gasteiger partial charge on any atom is 0.212 e. The molecule has 21 heavy (non-hydrogen) atoms. The SMILES string of the molecule is O=S(=O)(CCCCNC1CC1)NC1CCCc2sccc21. The number of rotatable bonds is 8. The Balaban J connectivity index is 1.45. The predicted molar refractivity (Wildman–Crippen MR) is 87.2 cm³/mol. The highest BCUT2D eigenvalue weighted by Crippen LogP contribution is 2.33. The number of hydrogen-bond acceptors (Lipinski definition) is 4. The average Bonchev–Trinajstić information content (AvgIpc) is 3.13. The van der Waals surface area contributed by atoms with Crippen LogP contribution in [0.3, 0.4) is 0 Å². The molecule has 1 unspecified atom stereocenters. The van der Waals surface area contributed by atoms with Gasteiger partial charge in [-0.25, -0.2) is 13.1 Å². The molecule has 2 aliphatic carbocycles. The van der Waals surface area contributed by atoms with Gasteiger partial charge in [-0.05, 0) is 68.5 Å². The van der Waals surface area contributed by atoms with Gasteiger partial charge in [0, 0.05) is 17.0 Å². The first-order valence-electron chi connectivity index (χ1n) is 7.94. The van der Waals surface area contributed by atoms with Gasteiger partial charge in [0.15, 0.2) is 0 Å². The summed E-state index contributed by atoms with van der Waals surface area (Å²) in [6.07, 6.45) is 7.33. The minimum absolute atomic E-state index is 0.00501. The zero-order valence-electron chi connectivity index (χ0n) is 12.3. The second kappa shape index (κ2) is 6.77. The number of sulfonamides is 1. The molecule has 2 N–H and O–H groups in total. The summed E-state index contributed by atoms with van der Waals surface area (Å²) in [4.78, 5) is 1.35. The molecule has 6 heteroatoms. The Morgan fingerprint density at radius 2 is 2.10 bits per heavy atom. The molecular formula is C15H24N2O2S2. The fourth-order valence-electron chi connectivity index (χ4n) is 2.90. The quantitative estimate of drug-likeness (QED) is 0.721. The normalized spacial score (nSPS) is 22.2. The Bertz CT molecular complexity index is 564. The second-order valence-electron chi connectivity index (χ2n) is 6.12. The first-order chi connectivity index (χ1) is 10.1. The molecule has 4 nitrogen and oxygen atoms in total. The lowest BCUT2D eigenvalue weighted by Gasteiger charge is -2.23. The van der Waals surface area contributed by atoms with Gasteiger partial charge < -0.3 is 5.32 Å². The molecule has 2 aliphatic rings. The van der Waals surface area contributed by atoms with Crippen molar-refractivity contribution in [2.75, 3.05) is 12.3 Å². The molecule has 1 aromatic rings. The molecule has 1 atom stereocenters. The first-order valence-corrected chi connectivity index (χ1v) is 10.5. The lowest BCUT2D eigenvalue weighted by Crippen LogP contribution is -2.32. The zero-order valence-corrected chi connectivity index (χ0v) is 13.9. The van der Waals surface area contributed by atoms with Gasteiger partial charge in [-0.2, -0.15) is 0 Å². The van der Waals surface area contributed by atoms with Gasteiger partial charge in [0.1, 0.15) is 0 Å². The van der Waals surface area contributed by atoms with E-state index in [1.54, 1.807) is 11.3 Å². The van der Waals surface area contributed by atoms with E-state index in [0.29, 0.717) is 6.04 Å². The van der Waals surface area contributed by atoms with Crippen LogP contribution < -0.4 is 10.0 Å². The molecule has 0 saturated heterocycles. The van der Waals surface area contributed by atoms with Gasteiger partial charge in [-0.3, -0.25) is 0 Å². The lowest BCUT2D eigenvalue weighted by atomic mass is 9.95. The van der Waals surface area contributed by atoms with E-state index in [-0.39, 0.29) is 11.8 Å². The summed E-state index contributed by atoms with van der Waals surface area (Å²) >= 11 is 1.75. The standard InChI is InChI=1S/C15H24N2O2S2/c18-21(19,11-2-1-9-16-12-6-7-12)17-14-4-3-5-15-13(14)8-10-20-15/h8,10,12,14,16-17H,1-7,9,11H2. The van der Waals surface area contributed by atoms with Crippen LogP contribution in [0.4, 0.5) is 0 Å². The summed E-state index contributed by atoms with van der Waals surface area (Å²) in [5.74, 6) is 0.245. The van der Waals surface area contributed by atoms with E-state index in [4.69, 9.17) is 0 Å². The van der Waals surface area contributed by atoms with Crippen LogP contribution in [0.15, 0.2) is 11.4 Å². The van der Waals surface area contributed by atoms with Gasteiger partial charge in [0.25, 0.3) is 0 Å². The van der Waals surface area contributed by atoms with Crippen LogP contribution in [0.1, 0.15) is 55.0 Å². The molecule has 1 saturated carbocycles. The zero-order chi connectivity index (χ0) is 14.7. The predicted octanol–water partition coefficient (Wildman–Crippen LogP) is 2.58. The van der Waals surface area contributed by atoms with E-state index in [1.165, 1.54) is 23.3 Å². The Morgan fingerprint density at radius 3 is 2.90 bits per heavy atom. The van der Waals surface area contributed by atoms with Crippen LogP contribution in [0.25, 0.3) is 0 Å². The van der Waals surface area contributed by atoms with Gasteiger partial charge in [0.05, 0.1) is 5.75 Å². The fourth-order valence-corrected chi connectivity index (χ4v) is 5.26. The number of nitrogens with one attached hydrogen (secondary N) is 2. The van der Waals surface area contributed by atoms with Crippen molar-refractivity contribution in [3.63, 3.8) is 0 Å². The number of aryl methyl sites for hydroxylation is 1. The molecule has 118 valence electrons. The van der Waals surface area contributed by atoms with Crippen LogP contribution in [0.5, 0.6) is 0 Å². The van der Waals surface area contributed by atoms with E-state index in [2.05, 4.69) is 21.5 Å². The Labute approximate surface area is 131 Å². The van der Waals surface area contributed by atoms with Crippen LogP contribution in [-0.4, -0.2) is 26.8 Å². The van der Waals surface area contributed by atoms with Gasteiger partial charge in [-0.1, -0.05) is 0 Å². The average molecular weight is 329 g/mol. The van der Waals surface area contributed by atoms with Crippen LogP contribution >= 0.6 is 11.3 Å². The molecule has 0 bridgehead atoms. The Morgan fingerprint density at radius 1 is 1.24 bits per heavy atom. The van der Waals surface area contributed by atoms with Crippen LogP contribution in [0, 0.1) is 0 Å². The second-order valence-corrected chi connectivity index (χ2v) is 8.99. The smallest absolute Gasteiger partial charge is 0.212 e. The van der Waals surface area contributed by atoms with Crippen LogP contribution in [0.2, 0.25) is 0 Å². The van der Waals surface area contributed by atoms with Crippen molar-refractivity contribution in [2.24, 2.45) is 0 Å². The van der Waals surface area contributed by atoms with E-state index in [0.717, 1.165) is 38.6 Å². The third-order valence-corrected chi connectivity index (χ3v) is 6.69.